The van der Waals surface area contributed by atoms with Gasteiger partial charge in [0.2, 0.25) is 0 Å². The fourth-order valence-corrected chi connectivity index (χ4v) is 3.05. The van der Waals surface area contributed by atoms with E-state index in [1.807, 2.05) is 55.5 Å². The standard InChI is InChI=1S/C19H14ClN5O/c1-12-17(19(26)24-25-10-21-22-11-25)15-4-2-3-5-16(15)23-18(12)13-6-8-14(20)9-7-13/h2-11H,1H3,(H,24,26). The van der Waals surface area contributed by atoms with Crippen LogP contribution in [0.25, 0.3) is 22.2 Å². The van der Waals surface area contributed by atoms with Crippen LogP contribution in [-0.4, -0.2) is 25.8 Å². The number of aromatic nitrogens is 4. The van der Waals surface area contributed by atoms with Crippen molar-refractivity contribution in [1.29, 1.82) is 0 Å². The highest BCUT2D eigenvalue weighted by Gasteiger charge is 2.19. The predicted octanol–water partition coefficient (Wildman–Crippen LogP) is 3.84. The van der Waals surface area contributed by atoms with E-state index >= 15 is 0 Å². The Hall–Kier alpha value is -3.25. The summed E-state index contributed by atoms with van der Waals surface area (Å²) in [6.07, 6.45) is 2.85. The third kappa shape index (κ3) is 2.91. The molecular weight excluding hydrogens is 350 g/mol. The van der Waals surface area contributed by atoms with Gasteiger partial charge in [-0.25, -0.2) is 9.66 Å². The maximum Gasteiger partial charge on any atom is 0.271 e. The average Bonchev–Trinajstić information content (AvgIpc) is 3.15. The van der Waals surface area contributed by atoms with Gasteiger partial charge in [-0.05, 0) is 30.7 Å². The summed E-state index contributed by atoms with van der Waals surface area (Å²) < 4.78 is 1.42. The zero-order valence-corrected chi connectivity index (χ0v) is 14.6. The van der Waals surface area contributed by atoms with Crippen LogP contribution in [-0.2, 0) is 0 Å². The smallest absolute Gasteiger partial charge is 0.267 e. The summed E-state index contributed by atoms with van der Waals surface area (Å²) in [5, 5.41) is 8.84. The van der Waals surface area contributed by atoms with Crippen LogP contribution >= 0.6 is 11.6 Å². The first-order valence-corrected chi connectivity index (χ1v) is 8.32. The van der Waals surface area contributed by atoms with Gasteiger partial charge in [0.15, 0.2) is 0 Å². The van der Waals surface area contributed by atoms with Gasteiger partial charge >= 0.3 is 0 Å². The van der Waals surface area contributed by atoms with Crippen LogP contribution in [0, 0.1) is 6.92 Å². The second-order valence-electron chi connectivity index (χ2n) is 5.79. The normalized spacial score (nSPS) is 10.8. The van der Waals surface area contributed by atoms with Crippen molar-refractivity contribution in [3.05, 3.63) is 77.3 Å². The van der Waals surface area contributed by atoms with Gasteiger partial charge in [0, 0.05) is 16.0 Å². The number of hydrogen-bond acceptors (Lipinski definition) is 4. The highest BCUT2D eigenvalue weighted by Crippen LogP contribution is 2.30. The molecule has 4 rings (SSSR count). The molecule has 0 aliphatic heterocycles. The van der Waals surface area contributed by atoms with E-state index in [0.717, 1.165) is 27.7 Å². The highest BCUT2D eigenvalue weighted by atomic mass is 35.5. The van der Waals surface area contributed by atoms with Crippen molar-refractivity contribution in [2.75, 3.05) is 5.43 Å². The molecule has 4 aromatic rings. The molecule has 0 saturated carbocycles. The quantitative estimate of drug-likeness (QED) is 0.600. The number of pyridine rings is 1. The Morgan fingerprint density at radius 2 is 1.73 bits per heavy atom. The molecule has 1 amide bonds. The van der Waals surface area contributed by atoms with Crippen LogP contribution in [0.3, 0.4) is 0 Å². The van der Waals surface area contributed by atoms with Crippen molar-refractivity contribution in [1.82, 2.24) is 19.9 Å². The van der Waals surface area contributed by atoms with Crippen molar-refractivity contribution in [3.8, 4) is 11.3 Å². The van der Waals surface area contributed by atoms with Crippen molar-refractivity contribution in [2.24, 2.45) is 0 Å². The van der Waals surface area contributed by atoms with Crippen molar-refractivity contribution < 1.29 is 4.79 Å². The molecule has 0 fully saturated rings. The largest absolute Gasteiger partial charge is 0.271 e. The monoisotopic (exact) mass is 363 g/mol. The Balaban J connectivity index is 1.91. The number of nitrogens with one attached hydrogen (secondary N) is 1. The van der Waals surface area contributed by atoms with Gasteiger partial charge < -0.3 is 0 Å². The van der Waals surface area contributed by atoms with E-state index < -0.39 is 0 Å². The van der Waals surface area contributed by atoms with Gasteiger partial charge in [0.25, 0.3) is 5.91 Å². The molecule has 6 nitrogen and oxygen atoms in total. The molecule has 0 spiro atoms. The van der Waals surface area contributed by atoms with Crippen LogP contribution in [0.4, 0.5) is 0 Å². The maximum absolute atomic E-state index is 12.9. The van der Waals surface area contributed by atoms with E-state index in [0.29, 0.717) is 10.6 Å². The lowest BCUT2D eigenvalue weighted by Crippen LogP contribution is -2.23. The Morgan fingerprint density at radius 3 is 2.46 bits per heavy atom. The van der Waals surface area contributed by atoms with Crippen LogP contribution < -0.4 is 5.43 Å². The van der Waals surface area contributed by atoms with Crippen molar-refractivity contribution in [2.45, 2.75) is 6.92 Å². The van der Waals surface area contributed by atoms with E-state index in [4.69, 9.17) is 16.6 Å². The van der Waals surface area contributed by atoms with Gasteiger partial charge in [0.05, 0.1) is 16.8 Å². The fraction of sp³-hybridized carbons (Fsp3) is 0.0526. The Kier molecular flexibility index (Phi) is 4.10. The van der Waals surface area contributed by atoms with Crippen LogP contribution in [0.5, 0.6) is 0 Å². The lowest BCUT2D eigenvalue weighted by molar-refractivity contribution is 0.101. The molecule has 2 heterocycles. The number of benzene rings is 2. The fourth-order valence-electron chi connectivity index (χ4n) is 2.92. The summed E-state index contributed by atoms with van der Waals surface area (Å²) in [7, 11) is 0. The first-order chi connectivity index (χ1) is 12.6. The second kappa shape index (κ2) is 6.57. The molecule has 0 unspecified atom stereocenters. The molecule has 0 radical (unpaired) electrons. The summed E-state index contributed by atoms with van der Waals surface area (Å²) in [6.45, 7) is 1.89. The maximum atomic E-state index is 12.9. The second-order valence-corrected chi connectivity index (χ2v) is 6.23. The number of para-hydroxylation sites is 1. The molecule has 0 saturated heterocycles. The molecule has 0 aliphatic rings. The molecule has 26 heavy (non-hydrogen) atoms. The van der Waals surface area contributed by atoms with Gasteiger partial charge in [-0.3, -0.25) is 10.2 Å². The number of carbonyl (C=O) groups excluding carboxylic acids is 1. The first kappa shape index (κ1) is 16.2. The summed E-state index contributed by atoms with van der Waals surface area (Å²) in [5.41, 5.74) is 6.51. The highest BCUT2D eigenvalue weighted by molar-refractivity contribution is 6.30. The molecule has 0 aliphatic carbocycles. The first-order valence-electron chi connectivity index (χ1n) is 7.95. The van der Waals surface area contributed by atoms with Crippen LogP contribution in [0.1, 0.15) is 15.9 Å². The van der Waals surface area contributed by atoms with E-state index in [1.165, 1.54) is 17.3 Å². The third-order valence-corrected chi connectivity index (χ3v) is 4.38. The zero-order chi connectivity index (χ0) is 18.1. The van der Waals surface area contributed by atoms with Gasteiger partial charge in [0.1, 0.15) is 12.7 Å². The van der Waals surface area contributed by atoms with Gasteiger partial charge in [-0.15, -0.1) is 10.2 Å². The minimum absolute atomic E-state index is 0.254. The predicted molar refractivity (Wildman–Crippen MR) is 101 cm³/mol. The molecule has 0 atom stereocenters. The Labute approximate surface area is 154 Å². The summed E-state index contributed by atoms with van der Waals surface area (Å²) >= 11 is 6.00. The lowest BCUT2D eigenvalue weighted by Gasteiger charge is -2.15. The summed E-state index contributed by atoms with van der Waals surface area (Å²) in [4.78, 5) is 17.7. The van der Waals surface area contributed by atoms with E-state index in [9.17, 15) is 4.79 Å². The summed E-state index contributed by atoms with van der Waals surface area (Å²) in [5.74, 6) is -0.254. The van der Waals surface area contributed by atoms with Crippen molar-refractivity contribution >= 4 is 28.4 Å². The molecule has 2 aromatic heterocycles. The summed E-state index contributed by atoms with van der Waals surface area (Å²) in [6, 6.07) is 15.0. The number of nitrogens with zero attached hydrogens (tertiary/aromatic N) is 4. The van der Waals surface area contributed by atoms with Gasteiger partial charge in [-0.2, -0.15) is 0 Å². The lowest BCUT2D eigenvalue weighted by atomic mass is 9.97. The molecular formula is C19H14ClN5O. The number of fused-ring (bicyclic) bond motifs is 1. The molecule has 0 bridgehead atoms. The molecule has 7 heteroatoms. The van der Waals surface area contributed by atoms with E-state index in [2.05, 4.69) is 15.6 Å². The minimum Gasteiger partial charge on any atom is -0.267 e. The topological polar surface area (TPSA) is 72.7 Å². The number of halogens is 1. The SMILES string of the molecule is Cc1c(-c2ccc(Cl)cc2)nc2ccccc2c1C(=O)Nn1cnnc1. The zero-order valence-electron chi connectivity index (χ0n) is 13.8. The van der Waals surface area contributed by atoms with E-state index in [1.54, 1.807) is 0 Å². The average molecular weight is 364 g/mol. The molecule has 128 valence electrons. The third-order valence-electron chi connectivity index (χ3n) is 4.13. The number of carbonyl (C=O) groups is 1. The van der Waals surface area contributed by atoms with Crippen LogP contribution in [0.2, 0.25) is 5.02 Å². The number of hydrogen-bond donors (Lipinski definition) is 1. The molecule has 2 aromatic carbocycles. The van der Waals surface area contributed by atoms with Gasteiger partial charge in [-0.1, -0.05) is 41.9 Å². The number of rotatable bonds is 3. The van der Waals surface area contributed by atoms with Crippen molar-refractivity contribution in [3.63, 3.8) is 0 Å². The Bertz CT molecular complexity index is 1090. The number of amides is 1. The van der Waals surface area contributed by atoms with E-state index in [-0.39, 0.29) is 5.91 Å². The minimum atomic E-state index is -0.254. The van der Waals surface area contributed by atoms with Crippen LogP contribution in [0.15, 0.2) is 61.2 Å². The Morgan fingerprint density at radius 1 is 1.04 bits per heavy atom. The molecule has 1 N–H and O–H groups in total.